The smallest absolute Gasteiger partial charge is 0.418 e. The second kappa shape index (κ2) is 5.99. The van der Waals surface area contributed by atoms with Crippen molar-refractivity contribution >= 4 is 22.4 Å². The van der Waals surface area contributed by atoms with Crippen LogP contribution in [0, 0.1) is 0 Å². The highest BCUT2D eigenvalue weighted by Crippen LogP contribution is 2.37. The van der Waals surface area contributed by atoms with E-state index in [2.05, 4.69) is 14.4 Å². The summed E-state index contributed by atoms with van der Waals surface area (Å²) in [6.45, 7) is 1.94. The molecular formula is C11H14N4O8S. The van der Waals surface area contributed by atoms with E-state index in [1.165, 1.54) is 4.90 Å². The van der Waals surface area contributed by atoms with Crippen molar-refractivity contribution in [2.75, 3.05) is 13.2 Å². The van der Waals surface area contributed by atoms with Crippen molar-refractivity contribution in [3.63, 3.8) is 0 Å². The quantitative estimate of drug-likeness (QED) is 0.556. The van der Waals surface area contributed by atoms with Gasteiger partial charge >= 0.3 is 28.3 Å². The Morgan fingerprint density at radius 2 is 2.21 bits per heavy atom. The van der Waals surface area contributed by atoms with Crippen LogP contribution >= 0.6 is 0 Å². The zero-order valence-electron chi connectivity index (χ0n) is 12.5. The van der Waals surface area contributed by atoms with Crippen LogP contribution in [0.5, 0.6) is 0 Å². The maximum Gasteiger partial charge on any atom is 0.418 e. The van der Waals surface area contributed by atoms with Gasteiger partial charge in [-0.05, 0) is 19.8 Å². The van der Waals surface area contributed by atoms with Gasteiger partial charge in [-0.1, -0.05) is 5.16 Å². The first kappa shape index (κ1) is 16.6. The number of hydroxylamine groups is 2. The zero-order chi connectivity index (χ0) is 17.5. The predicted molar refractivity (Wildman–Crippen MR) is 72.6 cm³/mol. The molecule has 0 unspecified atom stereocenters. The summed E-state index contributed by atoms with van der Waals surface area (Å²) in [6.07, 6.45) is 0.801. The molecule has 2 bridgehead atoms. The van der Waals surface area contributed by atoms with Crippen molar-refractivity contribution < 1.29 is 36.1 Å². The first-order chi connectivity index (χ1) is 11.3. The monoisotopic (exact) mass is 362 g/mol. The summed E-state index contributed by atoms with van der Waals surface area (Å²) in [7, 11) is -4.81. The van der Waals surface area contributed by atoms with Gasteiger partial charge in [-0.2, -0.15) is 18.5 Å². The van der Waals surface area contributed by atoms with Crippen molar-refractivity contribution in [3.8, 4) is 0 Å². The molecule has 1 aromatic heterocycles. The number of aromatic nitrogens is 2. The normalized spacial score (nSPS) is 23.7. The van der Waals surface area contributed by atoms with E-state index in [1.54, 1.807) is 6.92 Å². The minimum Gasteiger partial charge on any atom is -0.459 e. The van der Waals surface area contributed by atoms with Gasteiger partial charge in [-0.3, -0.25) is 4.55 Å². The molecule has 0 spiro atoms. The highest BCUT2D eigenvalue weighted by Gasteiger charge is 2.49. The molecule has 2 amide bonds. The molecular weight excluding hydrogens is 348 g/mol. The van der Waals surface area contributed by atoms with E-state index in [0.29, 0.717) is 17.9 Å². The van der Waals surface area contributed by atoms with E-state index < -0.39 is 34.5 Å². The highest BCUT2D eigenvalue weighted by molar-refractivity contribution is 7.80. The summed E-state index contributed by atoms with van der Waals surface area (Å²) in [6, 6.07) is -1.87. The Hall–Kier alpha value is -2.25. The lowest BCUT2D eigenvalue weighted by molar-refractivity contribution is -0.0317. The number of esters is 1. The van der Waals surface area contributed by atoms with Gasteiger partial charge in [-0.15, -0.1) is 4.28 Å². The van der Waals surface area contributed by atoms with E-state index in [4.69, 9.17) is 13.8 Å². The third-order valence-electron chi connectivity index (χ3n) is 3.69. The average Bonchev–Trinajstić information content (AvgIpc) is 3.08. The molecule has 2 atom stereocenters. The topological polar surface area (TPSA) is 152 Å². The van der Waals surface area contributed by atoms with E-state index in [0.717, 1.165) is 0 Å². The number of nitrogens with zero attached hydrogens (tertiary/aromatic N) is 4. The molecule has 2 fully saturated rings. The lowest BCUT2D eigenvalue weighted by atomic mass is 10.0. The van der Waals surface area contributed by atoms with E-state index in [9.17, 15) is 18.0 Å². The van der Waals surface area contributed by atoms with Crippen LogP contribution in [0.3, 0.4) is 0 Å². The first-order valence-electron chi connectivity index (χ1n) is 7.07. The molecule has 2 saturated heterocycles. The molecule has 0 aliphatic carbocycles. The van der Waals surface area contributed by atoms with Crippen LogP contribution in [-0.4, -0.2) is 64.3 Å². The molecule has 0 saturated carbocycles. The fourth-order valence-corrected chi connectivity index (χ4v) is 3.13. The van der Waals surface area contributed by atoms with Crippen LogP contribution in [0.15, 0.2) is 4.52 Å². The van der Waals surface area contributed by atoms with Crippen molar-refractivity contribution in [1.82, 2.24) is 20.1 Å². The van der Waals surface area contributed by atoms with Crippen LogP contribution in [0.1, 0.15) is 42.3 Å². The third-order valence-corrected chi connectivity index (χ3v) is 4.04. The Balaban J connectivity index is 1.78. The largest absolute Gasteiger partial charge is 0.459 e. The van der Waals surface area contributed by atoms with E-state index in [1.807, 2.05) is 0 Å². The summed E-state index contributed by atoms with van der Waals surface area (Å²) >= 11 is 0. The van der Waals surface area contributed by atoms with Crippen molar-refractivity contribution in [3.05, 3.63) is 11.7 Å². The van der Waals surface area contributed by atoms with Crippen molar-refractivity contribution in [2.24, 2.45) is 0 Å². The lowest BCUT2D eigenvalue weighted by Gasteiger charge is -2.27. The molecule has 3 rings (SSSR count). The molecule has 132 valence electrons. The number of carbonyl (C=O) groups excluding carboxylic acids is 2. The van der Waals surface area contributed by atoms with E-state index in [-0.39, 0.29) is 24.9 Å². The Morgan fingerprint density at radius 3 is 2.88 bits per heavy atom. The molecule has 12 nitrogen and oxygen atoms in total. The van der Waals surface area contributed by atoms with Gasteiger partial charge in [0.2, 0.25) is 0 Å². The number of carbonyl (C=O) groups is 2. The van der Waals surface area contributed by atoms with Gasteiger partial charge in [-0.25, -0.2) is 9.59 Å². The van der Waals surface area contributed by atoms with Crippen LogP contribution in [0.25, 0.3) is 0 Å². The Bertz CT molecular complexity index is 762. The second-order valence-corrected chi connectivity index (χ2v) is 6.19. The van der Waals surface area contributed by atoms with Crippen LogP contribution in [0.4, 0.5) is 4.79 Å². The molecule has 0 radical (unpaired) electrons. The predicted octanol–water partition coefficient (Wildman–Crippen LogP) is -0.0782. The van der Waals surface area contributed by atoms with Crippen LogP contribution in [-0.2, 0) is 19.4 Å². The fraction of sp³-hybridized carbons (Fsp3) is 0.636. The van der Waals surface area contributed by atoms with E-state index >= 15 is 0 Å². The zero-order valence-corrected chi connectivity index (χ0v) is 13.3. The number of piperidine rings is 1. The summed E-state index contributed by atoms with van der Waals surface area (Å²) in [5.74, 6) is -0.987. The van der Waals surface area contributed by atoms with Gasteiger partial charge in [0.25, 0.3) is 0 Å². The summed E-state index contributed by atoms with van der Waals surface area (Å²) in [5, 5.41) is 4.30. The van der Waals surface area contributed by atoms with Crippen LogP contribution < -0.4 is 0 Å². The third kappa shape index (κ3) is 3.05. The van der Waals surface area contributed by atoms with Crippen molar-refractivity contribution in [2.45, 2.75) is 31.8 Å². The summed E-state index contributed by atoms with van der Waals surface area (Å²) in [5.41, 5.74) is 0. The summed E-state index contributed by atoms with van der Waals surface area (Å²) in [4.78, 5) is 29.0. The standard InChI is InChI=1S/C11H14N4O8S/c1-2-21-10(16)9-12-8(13-22-9)7-4-3-6-5-14(7)11(17)15(6)23-24(18,19)20/h6-7H,2-5H2,1H3,(H,18,19,20)/t6-,7-/m1/s1. The molecule has 3 heterocycles. The fourth-order valence-electron chi connectivity index (χ4n) is 2.75. The number of hydrogen-bond acceptors (Lipinski definition) is 9. The first-order valence-corrected chi connectivity index (χ1v) is 8.44. The SMILES string of the molecule is CCOC(=O)c1nc([C@H]2CC[C@@H]3CN2C(=O)N3OS(=O)(=O)O)no1. The molecule has 0 aromatic carbocycles. The molecule has 1 N–H and O–H groups in total. The Morgan fingerprint density at radius 1 is 1.46 bits per heavy atom. The van der Waals surface area contributed by atoms with Gasteiger partial charge in [0, 0.05) is 6.54 Å². The average molecular weight is 362 g/mol. The minimum atomic E-state index is -4.81. The Kier molecular flexibility index (Phi) is 4.15. The summed E-state index contributed by atoms with van der Waals surface area (Å²) < 4.78 is 44.3. The maximum absolute atomic E-state index is 12.3. The molecule has 24 heavy (non-hydrogen) atoms. The molecule has 13 heteroatoms. The maximum atomic E-state index is 12.3. The minimum absolute atomic E-state index is 0.110. The Labute approximate surface area is 136 Å². The van der Waals surface area contributed by atoms with Gasteiger partial charge in [0.1, 0.15) is 0 Å². The second-order valence-electron chi connectivity index (χ2n) is 5.19. The number of amides is 2. The highest BCUT2D eigenvalue weighted by atomic mass is 32.3. The molecule has 2 aliphatic heterocycles. The number of urea groups is 1. The number of rotatable bonds is 5. The molecule has 1 aromatic rings. The van der Waals surface area contributed by atoms with Gasteiger partial charge in [0.15, 0.2) is 5.82 Å². The van der Waals surface area contributed by atoms with Gasteiger partial charge < -0.3 is 14.2 Å². The number of hydrogen-bond donors (Lipinski definition) is 1. The number of fused-ring (bicyclic) bond motifs is 2. The van der Waals surface area contributed by atoms with Crippen molar-refractivity contribution in [1.29, 1.82) is 0 Å². The van der Waals surface area contributed by atoms with Crippen LogP contribution in [0.2, 0.25) is 0 Å². The van der Waals surface area contributed by atoms with Gasteiger partial charge in [0.05, 0.1) is 18.7 Å². The molecule has 2 aliphatic rings. The number of ether oxygens (including phenoxy) is 1. The lowest BCUT2D eigenvalue weighted by Crippen LogP contribution is -2.35.